The minimum Gasteiger partial charge on any atom is -0.493 e. The van der Waals surface area contributed by atoms with Gasteiger partial charge in [-0.15, -0.1) is 0 Å². The summed E-state index contributed by atoms with van der Waals surface area (Å²) >= 11 is 0. The lowest BCUT2D eigenvalue weighted by Crippen LogP contribution is -2.40. The summed E-state index contributed by atoms with van der Waals surface area (Å²) in [5, 5.41) is 0. The van der Waals surface area contributed by atoms with Crippen molar-refractivity contribution in [2.45, 2.75) is 26.3 Å². The third kappa shape index (κ3) is 4.58. The molecule has 1 aromatic carbocycles. The standard InChI is InChI=1S/C17H23NO4S/c1-3-18(15-11-12-23(20,21)13-15)17(19)10-9-14-7-5-6-8-16(14)22-4-2/h5-10,15H,3-4,11-13H2,1-2H3/b10-9+. The van der Waals surface area contributed by atoms with Gasteiger partial charge >= 0.3 is 0 Å². The van der Waals surface area contributed by atoms with Gasteiger partial charge in [-0.3, -0.25) is 4.79 Å². The monoisotopic (exact) mass is 337 g/mol. The van der Waals surface area contributed by atoms with Crippen molar-refractivity contribution in [1.29, 1.82) is 0 Å². The average molecular weight is 337 g/mol. The third-order valence-corrected chi connectivity index (χ3v) is 5.65. The van der Waals surface area contributed by atoms with Crippen molar-refractivity contribution < 1.29 is 17.9 Å². The Balaban J connectivity index is 2.11. The second-order valence-electron chi connectivity index (χ2n) is 5.49. The third-order valence-electron chi connectivity index (χ3n) is 3.90. The summed E-state index contributed by atoms with van der Waals surface area (Å²) in [5.74, 6) is 0.792. The van der Waals surface area contributed by atoms with Gasteiger partial charge in [-0.25, -0.2) is 8.42 Å². The molecule has 1 aliphatic rings. The highest BCUT2D eigenvalue weighted by Gasteiger charge is 2.33. The molecule has 2 rings (SSSR count). The highest BCUT2D eigenvalue weighted by molar-refractivity contribution is 7.91. The first kappa shape index (κ1) is 17.5. The molecular weight excluding hydrogens is 314 g/mol. The van der Waals surface area contributed by atoms with E-state index in [1.54, 1.807) is 11.0 Å². The topological polar surface area (TPSA) is 63.7 Å². The summed E-state index contributed by atoms with van der Waals surface area (Å²) < 4.78 is 28.7. The van der Waals surface area contributed by atoms with Gasteiger partial charge in [0.1, 0.15) is 5.75 Å². The number of hydrogen-bond acceptors (Lipinski definition) is 4. The van der Waals surface area contributed by atoms with Crippen molar-refractivity contribution in [3.8, 4) is 5.75 Å². The molecule has 1 saturated heterocycles. The lowest BCUT2D eigenvalue weighted by molar-refractivity contribution is -0.127. The zero-order valence-corrected chi connectivity index (χ0v) is 14.4. The Labute approximate surface area is 137 Å². The first-order valence-electron chi connectivity index (χ1n) is 7.87. The molecule has 0 spiro atoms. The first-order chi connectivity index (χ1) is 11.0. The Morgan fingerprint density at radius 1 is 1.35 bits per heavy atom. The van der Waals surface area contributed by atoms with Crippen LogP contribution in [0.25, 0.3) is 6.08 Å². The van der Waals surface area contributed by atoms with E-state index in [2.05, 4.69) is 0 Å². The molecule has 126 valence electrons. The number of sulfone groups is 1. The van der Waals surface area contributed by atoms with E-state index in [0.29, 0.717) is 19.6 Å². The lowest BCUT2D eigenvalue weighted by Gasteiger charge is -2.25. The molecule has 1 unspecified atom stereocenters. The van der Waals surface area contributed by atoms with Crippen LogP contribution < -0.4 is 4.74 Å². The van der Waals surface area contributed by atoms with Crippen molar-refractivity contribution in [2.75, 3.05) is 24.7 Å². The Morgan fingerprint density at radius 3 is 2.70 bits per heavy atom. The maximum atomic E-state index is 12.4. The van der Waals surface area contributed by atoms with Gasteiger partial charge in [-0.2, -0.15) is 0 Å². The van der Waals surface area contributed by atoms with Gasteiger partial charge in [-0.05, 0) is 32.4 Å². The Hall–Kier alpha value is -1.82. The van der Waals surface area contributed by atoms with Crippen molar-refractivity contribution in [2.24, 2.45) is 0 Å². The summed E-state index contributed by atoms with van der Waals surface area (Å²) in [4.78, 5) is 14.0. The van der Waals surface area contributed by atoms with Gasteiger partial charge in [0, 0.05) is 24.2 Å². The van der Waals surface area contributed by atoms with Crippen LogP contribution in [0.2, 0.25) is 0 Å². The summed E-state index contributed by atoms with van der Waals surface area (Å²) in [7, 11) is -3.00. The first-order valence-corrected chi connectivity index (χ1v) is 9.70. The highest BCUT2D eigenvalue weighted by atomic mass is 32.2. The average Bonchev–Trinajstić information content (AvgIpc) is 2.87. The number of hydrogen-bond donors (Lipinski definition) is 0. The fourth-order valence-electron chi connectivity index (χ4n) is 2.78. The fraction of sp³-hybridized carbons (Fsp3) is 0.471. The molecular formula is C17H23NO4S. The van der Waals surface area contributed by atoms with Crippen LogP contribution in [0.1, 0.15) is 25.8 Å². The van der Waals surface area contributed by atoms with Crippen LogP contribution in [0.4, 0.5) is 0 Å². The maximum Gasteiger partial charge on any atom is 0.246 e. The van der Waals surface area contributed by atoms with E-state index < -0.39 is 9.84 Å². The highest BCUT2D eigenvalue weighted by Crippen LogP contribution is 2.21. The van der Waals surface area contributed by atoms with Gasteiger partial charge in [0.2, 0.25) is 5.91 Å². The SMILES string of the molecule is CCOc1ccccc1/C=C/C(=O)N(CC)C1CCS(=O)(=O)C1. The molecule has 5 nitrogen and oxygen atoms in total. The number of rotatable bonds is 6. The van der Waals surface area contributed by atoms with E-state index in [4.69, 9.17) is 4.74 Å². The predicted molar refractivity (Wildman–Crippen MR) is 91.1 cm³/mol. The van der Waals surface area contributed by atoms with Crippen LogP contribution in [0.3, 0.4) is 0 Å². The number of carbonyl (C=O) groups excluding carboxylic acids is 1. The summed E-state index contributed by atoms with van der Waals surface area (Å²) in [6.07, 6.45) is 3.73. The minimum atomic E-state index is -3.00. The number of amides is 1. The van der Waals surface area contributed by atoms with Gasteiger partial charge in [-0.1, -0.05) is 18.2 Å². The minimum absolute atomic E-state index is 0.0654. The second kappa shape index (κ2) is 7.64. The van der Waals surface area contributed by atoms with Crippen molar-refractivity contribution in [3.05, 3.63) is 35.9 Å². The molecule has 1 amide bonds. The van der Waals surface area contributed by atoms with Crippen molar-refractivity contribution in [1.82, 2.24) is 4.90 Å². The van der Waals surface area contributed by atoms with E-state index in [-0.39, 0.29) is 23.5 Å². The molecule has 0 saturated carbocycles. The van der Waals surface area contributed by atoms with E-state index in [1.165, 1.54) is 6.08 Å². The zero-order valence-electron chi connectivity index (χ0n) is 13.6. The quantitative estimate of drug-likeness (QED) is 0.746. The van der Waals surface area contributed by atoms with Gasteiger partial charge in [0.05, 0.1) is 18.1 Å². The summed E-state index contributed by atoms with van der Waals surface area (Å²) in [5.41, 5.74) is 0.831. The van der Waals surface area contributed by atoms with Gasteiger partial charge < -0.3 is 9.64 Å². The largest absolute Gasteiger partial charge is 0.493 e. The maximum absolute atomic E-state index is 12.4. The van der Waals surface area contributed by atoms with Crippen LogP contribution in [0, 0.1) is 0 Å². The smallest absolute Gasteiger partial charge is 0.246 e. The second-order valence-corrected chi connectivity index (χ2v) is 7.71. The number of likely N-dealkylation sites (N-methyl/N-ethyl adjacent to an activating group) is 1. The van der Waals surface area contributed by atoms with Crippen LogP contribution in [-0.2, 0) is 14.6 Å². The Morgan fingerprint density at radius 2 is 2.09 bits per heavy atom. The normalized spacial score (nSPS) is 19.8. The molecule has 0 aliphatic carbocycles. The van der Waals surface area contributed by atoms with Crippen molar-refractivity contribution in [3.63, 3.8) is 0 Å². The number of nitrogens with zero attached hydrogens (tertiary/aromatic N) is 1. The van der Waals surface area contributed by atoms with Gasteiger partial charge in [0.25, 0.3) is 0 Å². The molecule has 1 fully saturated rings. The van der Waals surface area contributed by atoms with Crippen LogP contribution in [0.15, 0.2) is 30.3 Å². The van der Waals surface area contributed by atoms with E-state index >= 15 is 0 Å². The number of ether oxygens (including phenoxy) is 1. The number of carbonyl (C=O) groups is 1. The van der Waals surface area contributed by atoms with Crippen LogP contribution >= 0.6 is 0 Å². The molecule has 23 heavy (non-hydrogen) atoms. The predicted octanol–water partition coefficient (Wildman–Crippen LogP) is 2.13. The molecule has 0 aromatic heterocycles. The van der Waals surface area contributed by atoms with Crippen LogP contribution in [0.5, 0.6) is 5.75 Å². The summed E-state index contributed by atoms with van der Waals surface area (Å²) in [6, 6.07) is 7.28. The number of benzene rings is 1. The van der Waals surface area contributed by atoms with E-state index in [1.807, 2.05) is 38.1 Å². The molecule has 1 aromatic rings. The molecule has 1 aliphatic heterocycles. The molecule has 1 heterocycles. The van der Waals surface area contributed by atoms with Gasteiger partial charge in [0.15, 0.2) is 9.84 Å². The Kier molecular flexibility index (Phi) is 5.82. The fourth-order valence-corrected chi connectivity index (χ4v) is 4.51. The molecule has 0 N–H and O–H groups in total. The molecule has 0 bridgehead atoms. The van der Waals surface area contributed by atoms with E-state index in [0.717, 1.165) is 11.3 Å². The van der Waals surface area contributed by atoms with Crippen LogP contribution in [-0.4, -0.2) is 49.9 Å². The van der Waals surface area contributed by atoms with E-state index in [9.17, 15) is 13.2 Å². The lowest BCUT2D eigenvalue weighted by atomic mass is 10.1. The summed E-state index contributed by atoms with van der Waals surface area (Å²) in [6.45, 7) is 4.83. The molecule has 6 heteroatoms. The molecule has 0 radical (unpaired) electrons. The molecule has 1 atom stereocenters. The van der Waals surface area contributed by atoms with Crippen molar-refractivity contribution >= 4 is 21.8 Å². The Bertz CT molecular complexity index is 682. The number of para-hydroxylation sites is 1. The zero-order chi connectivity index (χ0) is 16.9.